The fourth-order valence-corrected chi connectivity index (χ4v) is 3.20. The summed E-state index contributed by atoms with van der Waals surface area (Å²) < 4.78 is 41.0. The van der Waals surface area contributed by atoms with E-state index in [-0.39, 0.29) is 45.7 Å². The van der Waals surface area contributed by atoms with Crippen molar-refractivity contribution in [1.29, 1.82) is 0 Å². The van der Waals surface area contributed by atoms with Crippen molar-refractivity contribution in [2.45, 2.75) is 13.3 Å². The van der Waals surface area contributed by atoms with Gasteiger partial charge in [0.25, 0.3) is 11.4 Å². The first-order chi connectivity index (χ1) is 14.8. The molecule has 0 unspecified atom stereocenters. The highest BCUT2D eigenvalue weighted by Gasteiger charge is 2.26. The van der Waals surface area contributed by atoms with Crippen LogP contribution in [0.3, 0.4) is 0 Å². The summed E-state index contributed by atoms with van der Waals surface area (Å²) in [6.07, 6.45) is -0.278. The van der Waals surface area contributed by atoms with E-state index >= 15 is 0 Å². The lowest BCUT2D eigenvalue weighted by atomic mass is 9.97. The number of aryl methyl sites for hydroxylation is 1. The summed E-state index contributed by atoms with van der Waals surface area (Å²) in [5.74, 6) is -2.47. The first-order valence-corrected chi connectivity index (χ1v) is 8.56. The smallest absolute Gasteiger partial charge is 0.340 e. The van der Waals surface area contributed by atoms with Crippen LogP contribution in [0.25, 0.3) is 11.0 Å². The summed E-state index contributed by atoms with van der Waals surface area (Å²) in [7, 11) is 2.65. The van der Waals surface area contributed by atoms with Gasteiger partial charge in [-0.3, -0.25) is 20.0 Å². The van der Waals surface area contributed by atoms with Crippen molar-refractivity contribution < 1.29 is 42.9 Å². The van der Waals surface area contributed by atoms with Crippen LogP contribution in [0.2, 0.25) is 0 Å². The maximum absolute atomic E-state index is 12.9. The Bertz CT molecular complexity index is 1240. The summed E-state index contributed by atoms with van der Waals surface area (Å²) in [6, 6.07) is 3.45. The van der Waals surface area contributed by atoms with Crippen molar-refractivity contribution in [3.05, 3.63) is 55.4 Å². The van der Waals surface area contributed by atoms with Gasteiger partial charge in [-0.25, -0.2) is 4.79 Å². The van der Waals surface area contributed by atoms with Gasteiger partial charge in [0.15, 0.2) is 17.1 Å². The fourth-order valence-electron chi connectivity index (χ4n) is 3.20. The van der Waals surface area contributed by atoms with Crippen molar-refractivity contribution in [3.63, 3.8) is 0 Å². The molecule has 0 aliphatic heterocycles. The van der Waals surface area contributed by atoms with E-state index in [4.69, 9.17) is 13.9 Å². The Hall–Kier alpha value is -4.09. The molecule has 3 rings (SSSR count). The second-order valence-corrected chi connectivity index (χ2v) is 6.35. The lowest BCUT2D eigenvalue weighted by molar-refractivity contribution is -0.385. The molecule has 0 saturated heterocycles. The Labute approximate surface area is 172 Å². The molecular formula is C19H15F2NO9. The Morgan fingerprint density at radius 2 is 1.74 bits per heavy atom. The van der Waals surface area contributed by atoms with Crippen LogP contribution < -0.4 is 25.0 Å². The molecule has 0 fully saturated rings. The number of methoxy groups -OCH3 is 2. The Morgan fingerprint density at radius 1 is 1.10 bits per heavy atom. The number of benzene rings is 2. The van der Waals surface area contributed by atoms with E-state index < -0.39 is 33.4 Å². The van der Waals surface area contributed by atoms with Crippen LogP contribution >= 0.6 is 0 Å². The molecule has 3 aromatic rings. The lowest BCUT2D eigenvalue weighted by Gasteiger charge is -2.13. The molecule has 0 bridgehead atoms. The SMILES string of the molecule is COc1cc(Cc2c(C)c3cc(OF)c(O)c(OF)c3oc2=O)c([N+](=O)[O-])cc1OC. The van der Waals surface area contributed by atoms with Crippen molar-refractivity contribution >= 4 is 16.7 Å². The molecular weight excluding hydrogens is 424 g/mol. The zero-order chi connectivity index (χ0) is 22.9. The quantitative estimate of drug-likeness (QED) is 0.331. The second kappa shape index (κ2) is 8.34. The van der Waals surface area contributed by atoms with Crippen LogP contribution in [0.5, 0.6) is 28.7 Å². The standard InChI is InChI=1S/C19H15F2NO9/c1-8-10-6-15(30-20)16(23)18(31-21)17(10)29-19(24)11(8)4-9-5-13(27-2)14(28-3)7-12(9)22(25)26/h5-7,23H,4H2,1-3H3. The molecule has 0 aliphatic carbocycles. The molecule has 0 saturated carbocycles. The van der Waals surface area contributed by atoms with E-state index in [1.165, 1.54) is 27.2 Å². The van der Waals surface area contributed by atoms with E-state index in [9.17, 15) is 29.1 Å². The third-order valence-corrected chi connectivity index (χ3v) is 4.78. The first kappa shape index (κ1) is 21.6. The zero-order valence-electron chi connectivity index (χ0n) is 16.4. The number of ether oxygens (including phenoxy) is 2. The molecule has 1 N–H and O–H groups in total. The van der Waals surface area contributed by atoms with Gasteiger partial charge in [-0.05, 0) is 18.6 Å². The summed E-state index contributed by atoms with van der Waals surface area (Å²) in [4.78, 5) is 30.5. The van der Waals surface area contributed by atoms with Crippen LogP contribution in [-0.2, 0) is 6.42 Å². The van der Waals surface area contributed by atoms with Gasteiger partial charge in [0, 0.05) is 38.1 Å². The molecule has 164 valence electrons. The minimum atomic E-state index is -1.05. The largest absolute Gasteiger partial charge is 0.501 e. The van der Waals surface area contributed by atoms with Gasteiger partial charge in [-0.1, -0.05) is 0 Å². The number of phenols is 1. The van der Waals surface area contributed by atoms with Crippen LogP contribution in [0, 0.1) is 17.0 Å². The van der Waals surface area contributed by atoms with Gasteiger partial charge in [0.2, 0.25) is 11.5 Å². The summed E-state index contributed by atoms with van der Waals surface area (Å²) in [5, 5.41) is 21.3. The topological polar surface area (TPSA) is 130 Å². The Morgan fingerprint density at radius 3 is 2.29 bits per heavy atom. The van der Waals surface area contributed by atoms with Gasteiger partial charge < -0.3 is 19.0 Å². The molecule has 31 heavy (non-hydrogen) atoms. The third-order valence-electron chi connectivity index (χ3n) is 4.78. The van der Waals surface area contributed by atoms with Gasteiger partial charge in [0.1, 0.15) is 0 Å². The van der Waals surface area contributed by atoms with Crippen molar-refractivity contribution in [3.8, 4) is 28.7 Å². The second-order valence-electron chi connectivity index (χ2n) is 6.35. The number of phenolic OH excluding ortho intramolecular Hbond substituents is 1. The molecule has 0 amide bonds. The maximum atomic E-state index is 12.9. The average molecular weight is 439 g/mol. The van der Waals surface area contributed by atoms with Gasteiger partial charge in [0.05, 0.1) is 25.2 Å². The van der Waals surface area contributed by atoms with Crippen LogP contribution in [-0.4, -0.2) is 24.2 Å². The number of nitro groups is 1. The number of nitrogens with zero attached hydrogens (tertiary/aromatic N) is 1. The van der Waals surface area contributed by atoms with E-state index in [1.54, 1.807) is 0 Å². The molecule has 12 heteroatoms. The van der Waals surface area contributed by atoms with Gasteiger partial charge in [-0.2, -0.15) is 0 Å². The molecule has 0 spiro atoms. The number of nitro benzene ring substituents is 1. The monoisotopic (exact) mass is 439 g/mol. The number of halogens is 2. The number of rotatable bonds is 7. The van der Waals surface area contributed by atoms with E-state index in [2.05, 4.69) is 9.88 Å². The van der Waals surface area contributed by atoms with Crippen LogP contribution in [0.4, 0.5) is 14.7 Å². The predicted molar refractivity (Wildman–Crippen MR) is 101 cm³/mol. The van der Waals surface area contributed by atoms with E-state index in [0.29, 0.717) is 0 Å². The Kier molecular flexibility index (Phi) is 5.81. The average Bonchev–Trinajstić information content (AvgIpc) is 2.75. The molecule has 1 heterocycles. The van der Waals surface area contributed by atoms with E-state index in [0.717, 1.165) is 12.1 Å². The molecule has 0 radical (unpaired) electrons. The molecule has 0 atom stereocenters. The van der Waals surface area contributed by atoms with Crippen LogP contribution in [0.15, 0.2) is 27.4 Å². The molecule has 0 aliphatic rings. The fraction of sp³-hybridized carbons (Fsp3) is 0.211. The summed E-state index contributed by atoms with van der Waals surface area (Å²) >= 11 is 0. The van der Waals surface area contributed by atoms with Crippen molar-refractivity contribution in [2.75, 3.05) is 14.2 Å². The molecule has 2 aromatic carbocycles. The van der Waals surface area contributed by atoms with Crippen molar-refractivity contribution in [1.82, 2.24) is 0 Å². The molecule has 1 aromatic heterocycles. The van der Waals surface area contributed by atoms with E-state index in [1.807, 2.05) is 0 Å². The number of hydrogen-bond donors (Lipinski definition) is 1. The number of aromatic hydroxyl groups is 1. The normalized spacial score (nSPS) is 10.7. The third kappa shape index (κ3) is 3.63. The highest BCUT2D eigenvalue weighted by molar-refractivity contribution is 5.90. The Balaban J connectivity index is 2.27. The van der Waals surface area contributed by atoms with Gasteiger partial charge in [-0.15, -0.1) is 0 Å². The molecule has 10 nitrogen and oxygen atoms in total. The minimum Gasteiger partial charge on any atom is -0.501 e. The van der Waals surface area contributed by atoms with Crippen LogP contribution in [0.1, 0.15) is 16.7 Å². The van der Waals surface area contributed by atoms with Crippen molar-refractivity contribution in [2.24, 2.45) is 0 Å². The van der Waals surface area contributed by atoms with Gasteiger partial charge >= 0.3 is 5.63 Å². The zero-order valence-corrected chi connectivity index (χ0v) is 16.4. The highest BCUT2D eigenvalue weighted by atomic mass is 19.3. The first-order valence-electron chi connectivity index (χ1n) is 8.56. The highest BCUT2D eigenvalue weighted by Crippen LogP contribution is 2.44. The number of fused-ring (bicyclic) bond motifs is 1. The summed E-state index contributed by atoms with van der Waals surface area (Å²) in [6.45, 7) is 1.43. The maximum Gasteiger partial charge on any atom is 0.340 e. The minimum absolute atomic E-state index is 0.0178. The lowest BCUT2D eigenvalue weighted by Crippen LogP contribution is -2.12. The predicted octanol–water partition coefficient (Wildman–Crippen LogP) is 3.85. The summed E-state index contributed by atoms with van der Waals surface area (Å²) in [5.41, 5.74) is -1.58. The number of hydrogen-bond acceptors (Lipinski definition) is 9.